The fourth-order valence-electron chi connectivity index (χ4n) is 1.31. The van der Waals surface area contributed by atoms with Gasteiger partial charge in [0.1, 0.15) is 13.2 Å². The lowest BCUT2D eigenvalue weighted by Crippen LogP contribution is -2.37. The summed E-state index contributed by atoms with van der Waals surface area (Å²) in [5.41, 5.74) is 0.877. The number of hydrogen-bond donors (Lipinski definition) is 3. The predicted molar refractivity (Wildman–Crippen MR) is 76.8 cm³/mol. The Morgan fingerprint density at radius 3 is 2.52 bits per heavy atom. The van der Waals surface area contributed by atoms with Crippen molar-refractivity contribution < 1.29 is 24.2 Å². The van der Waals surface area contributed by atoms with E-state index in [1.807, 2.05) is 5.32 Å². The van der Waals surface area contributed by atoms with Crippen molar-refractivity contribution in [2.75, 3.05) is 18.5 Å². The van der Waals surface area contributed by atoms with Gasteiger partial charge in [-0.1, -0.05) is 29.3 Å². The molecule has 114 valence electrons. The number of imide groups is 1. The predicted octanol–water partition coefficient (Wildman–Crippen LogP) is 2.05. The van der Waals surface area contributed by atoms with E-state index >= 15 is 0 Å². The Labute approximate surface area is 130 Å². The van der Waals surface area contributed by atoms with Gasteiger partial charge < -0.3 is 15.2 Å². The minimum atomic E-state index is -1.22. The summed E-state index contributed by atoms with van der Waals surface area (Å²) in [6.07, 6.45) is 0. The average Bonchev–Trinajstić information content (AvgIpc) is 2.38. The van der Waals surface area contributed by atoms with Crippen molar-refractivity contribution in [3.05, 3.63) is 27.7 Å². The second-order valence-electron chi connectivity index (χ2n) is 3.94. The number of amides is 3. The first-order valence-electron chi connectivity index (χ1n) is 5.66. The quantitative estimate of drug-likeness (QED) is 0.764. The summed E-state index contributed by atoms with van der Waals surface area (Å²) in [6.45, 7) is 0.534. The van der Waals surface area contributed by atoms with Gasteiger partial charge in [0.2, 0.25) is 0 Å². The van der Waals surface area contributed by atoms with Crippen LogP contribution in [0.25, 0.3) is 0 Å². The van der Waals surface area contributed by atoms with E-state index in [0.717, 1.165) is 0 Å². The molecule has 0 radical (unpaired) electrons. The SMILES string of the molecule is Cc1ccc(Cl)c(NC(=O)NC(=O)COCC(=O)O)c1Cl. The van der Waals surface area contributed by atoms with Crippen molar-refractivity contribution in [2.24, 2.45) is 0 Å². The molecule has 9 heteroatoms. The molecule has 1 aromatic rings. The van der Waals surface area contributed by atoms with Gasteiger partial charge in [0.05, 0.1) is 15.7 Å². The van der Waals surface area contributed by atoms with E-state index in [-0.39, 0.29) is 15.7 Å². The van der Waals surface area contributed by atoms with Crippen LogP contribution in [0.15, 0.2) is 12.1 Å². The monoisotopic (exact) mass is 334 g/mol. The topological polar surface area (TPSA) is 105 Å². The second-order valence-corrected chi connectivity index (χ2v) is 4.73. The summed E-state index contributed by atoms with van der Waals surface area (Å²) in [5.74, 6) is -2.01. The lowest BCUT2D eigenvalue weighted by atomic mass is 10.2. The van der Waals surface area contributed by atoms with Crippen molar-refractivity contribution >= 4 is 46.8 Å². The number of benzene rings is 1. The van der Waals surface area contributed by atoms with Crippen molar-refractivity contribution in [2.45, 2.75) is 6.92 Å². The van der Waals surface area contributed by atoms with E-state index in [9.17, 15) is 14.4 Å². The number of rotatable bonds is 5. The van der Waals surface area contributed by atoms with E-state index in [2.05, 4.69) is 10.1 Å². The maximum Gasteiger partial charge on any atom is 0.329 e. The number of hydrogen-bond acceptors (Lipinski definition) is 4. The van der Waals surface area contributed by atoms with E-state index in [1.54, 1.807) is 19.1 Å². The van der Waals surface area contributed by atoms with Gasteiger partial charge in [0, 0.05) is 0 Å². The van der Waals surface area contributed by atoms with Crippen molar-refractivity contribution in [1.82, 2.24) is 5.32 Å². The molecule has 0 unspecified atom stereocenters. The summed E-state index contributed by atoms with van der Waals surface area (Å²) >= 11 is 11.9. The van der Waals surface area contributed by atoms with Crippen LogP contribution in [0.1, 0.15) is 5.56 Å². The van der Waals surface area contributed by atoms with Crippen LogP contribution in [-0.2, 0) is 14.3 Å². The molecule has 0 saturated carbocycles. The Kier molecular flexibility index (Phi) is 6.41. The number of carboxylic acids is 1. The smallest absolute Gasteiger partial charge is 0.329 e. The molecule has 0 aromatic heterocycles. The lowest BCUT2D eigenvalue weighted by molar-refractivity contribution is -0.143. The number of carbonyl (C=O) groups is 3. The highest BCUT2D eigenvalue weighted by atomic mass is 35.5. The number of ether oxygens (including phenoxy) is 1. The molecule has 0 aliphatic rings. The van der Waals surface area contributed by atoms with E-state index < -0.39 is 31.1 Å². The zero-order chi connectivity index (χ0) is 16.0. The number of anilines is 1. The van der Waals surface area contributed by atoms with Crippen LogP contribution in [-0.4, -0.2) is 36.2 Å². The highest BCUT2D eigenvalue weighted by Gasteiger charge is 2.14. The van der Waals surface area contributed by atoms with Crippen LogP contribution in [0.2, 0.25) is 10.0 Å². The molecule has 0 spiro atoms. The summed E-state index contributed by atoms with van der Waals surface area (Å²) in [4.78, 5) is 33.1. The van der Waals surface area contributed by atoms with Gasteiger partial charge in [-0.15, -0.1) is 0 Å². The summed E-state index contributed by atoms with van der Waals surface area (Å²) in [6, 6.07) is 2.38. The van der Waals surface area contributed by atoms with Gasteiger partial charge in [-0.3, -0.25) is 10.1 Å². The maximum absolute atomic E-state index is 11.6. The molecule has 7 nitrogen and oxygen atoms in total. The summed E-state index contributed by atoms with van der Waals surface area (Å²) in [7, 11) is 0. The third kappa shape index (κ3) is 5.58. The van der Waals surface area contributed by atoms with Crippen LogP contribution in [0.4, 0.5) is 10.5 Å². The number of nitrogens with one attached hydrogen (secondary N) is 2. The highest BCUT2D eigenvalue weighted by Crippen LogP contribution is 2.32. The fourth-order valence-corrected chi connectivity index (χ4v) is 1.77. The van der Waals surface area contributed by atoms with Crippen molar-refractivity contribution in [1.29, 1.82) is 0 Å². The number of urea groups is 1. The first kappa shape index (κ1) is 17.2. The maximum atomic E-state index is 11.6. The third-order valence-electron chi connectivity index (χ3n) is 2.23. The van der Waals surface area contributed by atoms with Crippen LogP contribution in [0.5, 0.6) is 0 Å². The molecule has 3 N–H and O–H groups in total. The van der Waals surface area contributed by atoms with Gasteiger partial charge in [-0.05, 0) is 18.6 Å². The van der Waals surface area contributed by atoms with Crippen molar-refractivity contribution in [3.8, 4) is 0 Å². The largest absolute Gasteiger partial charge is 0.480 e. The molecule has 0 heterocycles. The summed E-state index contributed by atoms with van der Waals surface area (Å²) in [5, 5.41) is 13.1. The minimum absolute atomic E-state index is 0.176. The average molecular weight is 335 g/mol. The first-order chi connectivity index (χ1) is 9.81. The number of carboxylic acid groups (broad SMARTS) is 1. The molecular formula is C12H12Cl2N2O5. The number of carbonyl (C=O) groups excluding carboxylic acids is 2. The molecule has 0 atom stereocenters. The van der Waals surface area contributed by atoms with E-state index in [1.165, 1.54) is 0 Å². The highest BCUT2D eigenvalue weighted by molar-refractivity contribution is 6.40. The third-order valence-corrected chi connectivity index (χ3v) is 3.04. The zero-order valence-electron chi connectivity index (χ0n) is 10.9. The molecule has 1 aromatic carbocycles. The van der Waals surface area contributed by atoms with E-state index in [4.69, 9.17) is 28.3 Å². The zero-order valence-corrected chi connectivity index (χ0v) is 12.4. The number of halogens is 2. The fraction of sp³-hybridized carbons (Fsp3) is 0.250. The molecule has 0 aliphatic heterocycles. The molecule has 3 amide bonds. The Balaban J connectivity index is 2.56. The Bertz CT molecular complexity index is 577. The molecule has 0 fully saturated rings. The number of aliphatic carboxylic acids is 1. The molecule has 1 rings (SSSR count). The van der Waals surface area contributed by atoms with Crippen LogP contribution in [0, 0.1) is 6.92 Å². The first-order valence-corrected chi connectivity index (χ1v) is 6.42. The standard InChI is InChI=1S/C12H12Cl2N2O5/c1-6-2-3-7(13)11(10(6)14)16-12(20)15-8(17)4-21-5-9(18)19/h2-3H,4-5H2,1H3,(H,18,19)(H2,15,16,17,20). The van der Waals surface area contributed by atoms with Crippen molar-refractivity contribution in [3.63, 3.8) is 0 Å². The second kappa shape index (κ2) is 7.82. The Morgan fingerprint density at radius 2 is 1.90 bits per heavy atom. The van der Waals surface area contributed by atoms with Gasteiger partial charge >= 0.3 is 12.0 Å². The van der Waals surface area contributed by atoms with Gasteiger partial charge in [-0.2, -0.15) is 0 Å². The van der Waals surface area contributed by atoms with Crippen LogP contribution >= 0.6 is 23.2 Å². The molecule has 21 heavy (non-hydrogen) atoms. The molecule has 0 bridgehead atoms. The van der Waals surface area contributed by atoms with E-state index in [0.29, 0.717) is 5.56 Å². The molecule has 0 aliphatic carbocycles. The van der Waals surface area contributed by atoms with Crippen LogP contribution in [0.3, 0.4) is 0 Å². The van der Waals surface area contributed by atoms with Gasteiger partial charge in [-0.25, -0.2) is 9.59 Å². The van der Waals surface area contributed by atoms with Gasteiger partial charge in [0.15, 0.2) is 0 Å². The van der Waals surface area contributed by atoms with Crippen LogP contribution < -0.4 is 10.6 Å². The lowest BCUT2D eigenvalue weighted by Gasteiger charge is -2.11. The Morgan fingerprint density at radius 1 is 1.24 bits per heavy atom. The van der Waals surface area contributed by atoms with Gasteiger partial charge in [0.25, 0.3) is 5.91 Å². The molecule has 0 saturated heterocycles. The minimum Gasteiger partial charge on any atom is -0.480 e. The Hall–Kier alpha value is -1.83. The summed E-state index contributed by atoms with van der Waals surface area (Å²) < 4.78 is 4.53. The normalized spacial score (nSPS) is 10.0. The number of aryl methyl sites for hydroxylation is 1. The molecular weight excluding hydrogens is 323 g/mol.